The van der Waals surface area contributed by atoms with Crippen molar-refractivity contribution in [1.82, 2.24) is 10.6 Å². The fourth-order valence-corrected chi connectivity index (χ4v) is 2.24. The number of rotatable bonds is 2. The van der Waals surface area contributed by atoms with Gasteiger partial charge < -0.3 is 5.32 Å². The van der Waals surface area contributed by atoms with Crippen LogP contribution in [0.1, 0.15) is 0 Å². The normalized spacial score (nSPS) is 15.4. The highest BCUT2D eigenvalue weighted by Crippen LogP contribution is 2.19. The van der Waals surface area contributed by atoms with Gasteiger partial charge in [-0.05, 0) is 22.9 Å². The van der Waals surface area contributed by atoms with Crippen LogP contribution in [0.5, 0.6) is 0 Å². The highest BCUT2D eigenvalue weighted by atomic mass is 16.2. The molecule has 2 aromatic carbocycles. The maximum atomic E-state index is 12.1. The molecule has 7 heteroatoms. The summed E-state index contributed by atoms with van der Waals surface area (Å²) in [6.45, 7) is 0. The molecule has 0 aliphatic carbocycles. The number of hydrogen-bond acceptors (Lipinski definition) is 4. The molecule has 110 valence electrons. The summed E-state index contributed by atoms with van der Waals surface area (Å²) in [5.74, 6) is -4.26. The van der Waals surface area contributed by atoms with Crippen LogP contribution in [-0.4, -0.2) is 23.8 Å². The van der Waals surface area contributed by atoms with Gasteiger partial charge in [-0.15, -0.1) is 0 Å². The largest absolute Gasteiger partial charge is 0.328 e. The topological polar surface area (TPSA) is 104 Å². The quantitative estimate of drug-likeness (QED) is 0.712. The first-order valence-electron chi connectivity index (χ1n) is 6.50. The van der Waals surface area contributed by atoms with Gasteiger partial charge in [-0.2, -0.15) is 0 Å². The van der Waals surface area contributed by atoms with E-state index in [1.807, 2.05) is 41.0 Å². The third kappa shape index (κ3) is 2.51. The Morgan fingerprint density at radius 3 is 2.23 bits per heavy atom. The average Bonchev–Trinajstić information content (AvgIpc) is 2.46. The van der Waals surface area contributed by atoms with Gasteiger partial charge >= 0.3 is 6.03 Å². The molecule has 3 rings (SSSR count). The van der Waals surface area contributed by atoms with Gasteiger partial charge in [-0.3, -0.25) is 25.0 Å². The van der Waals surface area contributed by atoms with Crippen LogP contribution in [0.15, 0.2) is 42.5 Å². The Labute approximate surface area is 124 Å². The molecule has 1 fully saturated rings. The van der Waals surface area contributed by atoms with Crippen LogP contribution >= 0.6 is 0 Å². The summed E-state index contributed by atoms with van der Waals surface area (Å²) in [4.78, 5) is 46.3. The van der Waals surface area contributed by atoms with Gasteiger partial charge in [0.2, 0.25) is 17.7 Å². The Balaban J connectivity index is 1.82. The van der Waals surface area contributed by atoms with Crippen molar-refractivity contribution in [2.24, 2.45) is 5.92 Å². The maximum absolute atomic E-state index is 12.1. The minimum atomic E-state index is -1.59. The highest BCUT2D eigenvalue weighted by molar-refractivity contribution is 6.28. The van der Waals surface area contributed by atoms with E-state index in [1.54, 1.807) is 12.1 Å². The zero-order valence-corrected chi connectivity index (χ0v) is 11.3. The standard InChI is InChI=1S/C15H11N3O4/c19-12(11-13(20)17-15(22)18-14(11)21)16-10-6-5-8-3-1-2-4-9(8)7-10/h1-7,11H,(H,16,19)(H2,17,18,20,21,22). The molecular formula is C15H11N3O4. The number of carbonyl (C=O) groups is 4. The fourth-order valence-electron chi connectivity index (χ4n) is 2.24. The second-order valence-corrected chi connectivity index (χ2v) is 4.79. The minimum absolute atomic E-state index is 0.459. The number of carbonyl (C=O) groups excluding carboxylic acids is 4. The summed E-state index contributed by atoms with van der Waals surface area (Å²) in [5.41, 5.74) is 0.459. The number of benzene rings is 2. The lowest BCUT2D eigenvalue weighted by molar-refractivity contribution is -0.141. The first kappa shape index (κ1) is 13.7. The summed E-state index contributed by atoms with van der Waals surface area (Å²) in [7, 11) is 0. The average molecular weight is 297 g/mol. The van der Waals surface area contributed by atoms with Crippen LogP contribution < -0.4 is 16.0 Å². The number of imide groups is 2. The molecule has 1 aliphatic rings. The first-order chi connectivity index (χ1) is 10.5. The van der Waals surface area contributed by atoms with Gasteiger partial charge in [-0.1, -0.05) is 30.3 Å². The summed E-state index contributed by atoms with van der Waals surface area (Å²) in [6, 6.07) is 11.9. The Morgan fingerprint density at radius 1 is 0.909 bits per heavy atom. The highest BCUT2D eigenvalue weighted by Gasteiger charge is 2.39. The smallest absolute Gasteiger partial charge is 0.325 e. The molecule has 0 spiro atoms. The lowest BCUT2D eigenvalue weighted by Gasteiger charge is -2.20. The Kier molecular flexibility index (Phi) is 3.30. The molecule has 2 aromatic rings. The van der Waals surface area contributed by atoms with E-state index < -0.39 is 29.7 Å². The van der Waals surface area contributed by atoms with Crippen molar-refractivity contribution >= 4 is 40.2 Å². The predicted octanol–water partition coefficient (Wildman–Crippen LogP) is 0.760. The fraction of sp³-hybridized carbons (Fsp3) is 0.0667. The van der Waals surface area contributed by atoms with Gasteiger partial charge in [0, 0.05) is 5.69 Å². The molecule has 1 saturated heterocycles. The molecule has 0 atom stereocenters. The molecule has 0 radical (unpaired) electrons. The van der Waals surface area contributed by atoms with Gasteiger partial charge in [0.25, 0.3) is 0 Å². The van der Waals surface area contributed by atoms with E-state index in [9.17, 15) is 19.2 Å². The van der Waals surface area contributed by atoms with Crippen molar-refractivity contribution in [2.45, 2.75) is 0 Å². The molecular weight excluding hydrogens is 286 g/mol. The zero-order valence-electron chi connectivity index (χ0n) is 11.3. The SMILES string of the molecule is O=C1NC(=O)C(C(=O)Nc2ccc3ccccc3c2)C(=O)N1. The Bertz CT molecular complexity index is 795. The second kappa shape index (κ2) is 5.28. The van der Waals surface area contributed by atoms with E-state index in [1.165, 1.54) is 0 Å². The number of amides is 5. The number of nitrogens with one attached hydrogen (secondary N) is 3. The molecule has 1 aliphatic heterocycles. The molecule has 0 bridgehead atoms. The lowest BCUT2D eigenvalue weighted by atomic mass is 10.0. The van der Waals surface area contributed by atoms with Crippen LogP contribution in [0.25, 0.3) is 10.8 Å². The summed E-state index contributed by atoms with van der Waals surface area (Å²) in [5, 5.41) is 8.19. The number of urea groups is 1. The predicted molar refractivity (Wildman–Crippen MR) is 77.7 cm³/mol. The van der Waals surface area contributed by atoms with E-state index in [0.29, 0.717) is 5.69 Å². The van der Waals surface area contributed by atoms with Crippen molar-refractivity contribution in [3.8, 4) is 0 Å². The molecule has 0 unspecified atom stereocenters. The van der Waals surface area contributed by atoms with Crippen molar-refractivity contribution in [1.29, 1.82) is 0 Å². The monoisotopic (exact) mass is 297 g/mol. The van der Waals surface area contributed by atoms with Gasteiger partial charge in [0.15, 0.2) is 5.92 Å². The molecule has 3 N–H and O–H groups in total. The summed E-state index contributed by atoms with van der Waals surface area (Å²) in [6.07, 6.45) is 0. The number of hydrogen-bond donors (Lipinski definition) is 3. The van der Waals surface area contributed by atoms with Crippen molar-refractivity contribution in [3.05, 3.63) is 42.5 Å². The second-order valence-electron chi connectivity index (χ2n) is 4.79. The van der Waals surface area contributed by atoms with Crippen LogP contribution in [0.2, 0.25) is 0 Å². The Morgan fingerprint density at radius 2 is 1.55 bits per heavy atom. The maximum Gasteiger partial charge on any atom is 0.328 e. The summed E-state index contributed by atoms with van der Waals surface area (Å²) >= 11 is 0. The number of fused-ring (bicyclic) bond motifs is 1. The van der Waals surface area contributed by atoms with Crippen molar-refractivity contribution in [2.75, 3.05) is 5.32 Å². The third-order valence-electron chi connectivity index (χ3n) is 3.28. The van der Waals surface area contributed by atoms with Crippen molar-refractivity contribution < 1.29 is 19.2 Å². The summed E-state index contributed by atoms with van der Waals surface area (Å²) < 4.78 is 0. The lowest BCUT2D eigenvalue weighted by Crippen LogP contribution is -2.58. The van der Waals surface area contributed by atoms with Crippen LogP contribution in [0.3, 0.4) is 0 Å². The minimum Gasteiger partial charge on any atom is -0.325 e. The molecule has 0 saturated carbocycles. The molecule has 7 nitrogen and oxygen atoms in total. The van der Waals surface area contributed by atoms with E-state index in [0.717, 1.165) is 10.8 Å². The van der Waals surface area contributed by atoms with E-state index >= 15 is 0 Å². The Hall–Kier alpha value is -3.22. The molecule has 22 heavy (non-hydrogen) atoms. The van der Waals surface area contributed by atoms with Crippen LogP contribution in [0.4, 0.5) is 10.5 Å². The van der Waals surface area contributed by atoms with E-state index in [4.69, 9.17) is 0 Å². The van der Waals surface area contributed by atoms with E-state index in [2.05, 4.69) is 5.32 Å². The third-order valence-corrected chi connectivity index (χ3v) is 3.28. The first-order valence-corrected chi connectivity index (χ1v) is 6.50. The van der Waals surface area contributed by atoms with Crippen LogP contribution in [-0.2, 0) is 14.4 Å². The number of anilines is 1. The van der Waals surface area contributed by atoms with Crippen molar-refractivity contribution in [3.63, 3.8) is 0 Å². The van der Waals surface area contributed by atoms with E-state index in [-0.39, 0.29) is 0 Å². The molecule has 1 heterocycles. The zero-order chi connectivity index (χ0) is 15.7. The number of barbiturate groups is 1. The van der Waals surface area contributed by atoms with Gasteiger partial charge in [0.05, 0.1) is 0 Å². The van der Waals surface area contributed by atoms with Gasteiger partial charge in [0.1, 0.15) is 0 Å². The van der Waals surface area contributed by atoms with Crippen LogP contribution in [0, 0.1) is 5.92 Å². The molecule has 5 amide bonds. The van der Waals surface area contributed by atoms with Gasteiger partial charge in [-0.25, -0.2) is 4.79 Å². The molecule has 0 aromatic heterocycles.